The SMILES string of the molecule is CC(N)c1cccc(NC(=O)NC2CCN(C)CC2)c1. The summed E-state index contributed by atoms with van der Waals surface area (Å²) >= 11 is 0. The summed E-state index contributed by atoms with van der Waals surface area (Å²) in [5, 5.41) is 5.91. The van der Waals surface area contributed by atoms with Crippen molar-refractivity contribution in [2.75, 3.05) is 25.5 Å². The highest BCUT2D eigenvalue weighted by molar-refractivity contribution is 5.89. The highest BCUT2D eigenvalue weighted by Crippen LogP contribution is 2.15. The summed E-state index contributed by atoms with van der Waals surface area (Å²) in [6.45, 7) is 3.99. The Kier molecular flexibility index (Phi) is 4.98. The number of nitrogens with one attached hydrogen (secondary N) is 2. The maximum Gasteiger partial charge on any atom is 0.319 e. The van der Waals surface area contributed by atoms with Crippen LogP contribution in [0.25, 0.3) is 0 Å². The van der Waals surface area contributed by atoms with Crippen molar-refractivity contribution in [1.29, 1.82) is 0 Å². The van der Waals surface area contributed by atoms with Crippen molar-refractivity contribution < 1.29 is 4.79 Å². The first-order chi connectivity index (χ1) is 9.54. The van der Waals surface area contributed by atoms with Gasteiger partial charge in [-0.05, 0) is 57.6 Å². The number of hydrogen-bond donors (Lipinski definition) is 3. The second-order valence-electron chi connectivity index (χ2n) is 5.59. The molecule has 0 saturated carbocycles. The monoisotopic (exact) mass is 276 g/mol. The fourth-order valence-electron chi connectivity index (χ4n) is 2.41. The summed E-state index contributed by atoms with van der Waals surface area (Å²) in [6.07, 6.45) is 2.01. The van der Waals surface area contributed by atoms with E-state index >= 15 is 0 Å². The number of anilines is 1. The minimum Gasteiger partial charge on any atom is -0.335 e. The maximum atomic E-state index is 12.0. The highest BCUT2D eigenvalue weighted by Gasteiger charge is 2.18. The fourth-order valence-corrected chi connectivity index (χ4v) is 2.41. The summed E-state index contributed by atoms with van der Waals surface area (Å²) in [6, 6.07) is 7.76. The molecule has 0 spiro atoms. The van der Waals surface area contributed by atoms with Crippen LogP contribution in [-0.2, 0) is 0 Å². The molecular weight excluding hydrogens is 252 g/mol. The Balaban J connectivity index is 1.86. The van der Waals surface area contributed by atoms with Gasteiger partial charge in [-0.2, -0.15) is 0 Å². The van der Waals surface area contributed by atoms with Crippen molar-refractivity contribution in [3.63, 3.8) is 0 Å². The number of piperidine rings is 1. The van der Waals surface area contributed by atoms with Crippen LogP contribution in [0.2, 0.25) is 0 Å². The van der Waals surface area contributed by atoms with Crippen molar-refractivity contribution in [2.24, 2.45) is 5.73 Å². The van der Waals surface area contributed by atoms with Gasteiger partial charge in [0.2, 0.25) is 0 Å². The lowest BCUT2D eigenvalue weighted by molar-refractivity contribution is 0.221. The van der Waals surface area contributed by atoms with Gasteiger partial charge >= 0.3 is 6.03 Å². The molecule has 0 bridgehead atoms. The van der Waals surface area contributed by atoms with Crippen LogP contribution in [0.4, 0.5) is 10.5 Å². The van der Waals surface area contributed by atoms with E-state index in [4.69, 9.17) is 5.73 Å². The molecule has 2 amide bonds. The maximum absolute atomic E-state index is 12.0. The summed E-state index contributed by atoms with van der Waals surface area (Å²) in [5.74, 6) is 0. The molecular formula is C15H24N4O. The molecule has 20 heavy (non-hydrogen) atoms. The third-order valence-electron chi connectivity index (χ3n) is 3.72. The van der Waals surface area contributed by atoms with Crippen LogP contribution < -0.4 is 16.4 Å². The molecule has 1 atom stereocenters. The van der Waals surface area contributed by atoms with Crippen LogP contribution in [0, 0.1) is 0 Å². The largest absolute Gasteiger partial charge is 0.335 e. The predicted molar refractivity (Wildman–Crippen MR) is 81.7 cm³/mol. The van der Waals surface area contributed by atoms with E-state index in [0.717, 1.165) is 37.2 Å². The van der Waals surface area contributed by atoms with E-state index in [1.54, 1.807) is 0 Å². The molecule has 1 unspecified atom stereocenters. The Morgan fingerprint density at radius 1 is 1.40 bits per heavy atom. The zero-order valence-electron chi connectivity index (χ0n) is 12.2. The summed E-state index contributed by atoms with van der Waals surface area (Å²) in [7, 11) is 2.11. The predicted octanol–water partition coefficient (Wildman–Crippen LogP) is 1.92. The van der Waals surface area contributed by atoms with Crippen LogP contribution in [0.3, 0.4) is 0 Å². The average molecular weight is 276 g/mol. The molecule has 1 aliphatic heterocycles. The molecule has 110 valence electrons. The lowest BCUT2D eigenvalue weighted by Gasteiger charge is -2.29. The van der Waals surface area contributed by atoms with E-state index in [9.17, 15) is 4.79 Å². The van der Waals surface area contributed by atoms with E-state index in [2.05, 4.69) is 22.6 Å². The first-order valence-corrected chi connectivity index (χ1v) is 7.16. The van der Waals surface area contributed by atoms with Crippen molar-refractivity contribution in [1.82, 2.24) is 10.2 Å². The van der Waals surface area contributed by atoms with Crippen molar-refractivity contribution >= 4 is 11.7 Å². The second-order valence-corrected chi connectivity index (χ2v) is 5.59. The number of urea groups is 1. The fraction of sp³-hybridized carbons (Fsp3) is 0.533. The van der Waals surface area contributed by atoms with Gasteiger partial charge in [-0.1, -0.05) is 12.1 Å². The third-order valence-corrected chi connectivity index (χ3v) is 3.72. The number of amides is 2. The normalized spacial score (nSPS) is 18.6. The van der Waals surface area contributed by atoms with Gasteiger partial charge in [-0.15, -0.1) is 0 Å². The molecule has 0 aliphatic carbocycles. The van der Waals surface area contributed by atoms with E-state index in [1.807, 2.05) is 31.2 Å². The molecule has 1 saturated heterocycles. The van der Waals surface area contributed by atoms with E-state index < -0.39 is 0 Å². The minimum absolute atomic E-state index is 0.0336. The van der Waals surface area contributed by atoms with Crippen LogP contribution in [0.15, 0.2) is 24.3 Å². The molecule has 1 aliphatic rings. The van der Waals surface area contributed by atoms with E-state index in [0.29, 0.717) is 0 Å². The average Bonchev–Trinajstić information content (AvgIpc) is 2.41. The number of hydrogen-bond acceptors (Lipinski definition) is 3. The third kappa shape index (κ3) is 4.21. The summed E-state index contributed by atoms with van der Waals surface area (Å²) in [5.41, 5.74) is 7.64. The number of nitrogens with two attached hydrogens (primary N) is 1. The van der Waals surface area contributed by atoms with Crippen molar-refractivity contribution in [3.05, 3.63) is 29.8 Å². The molecule has 0 aromatic heterocycles. The number of benzene rings is 1. The van der Waals surface area contributed by atoms with Gasteiger partial charge in [-0.3, -0.25) is 0 Å². The quantitative estimate of drug-likeness (QED) is 0.790. The molecule has 1 aromatic rings. The number of rotatable bonds is 3. The highest BCUT2D eigenvalue weighted by atomic mass is 16.2. The van der Waals surface area contributed by atoms with Crippen LogP contribution in [-0.4, -0.2) is 37.1 Å². The van der Waals surface area contributed by atoms with E-state index in [1.165, 1.54) is 0 Å². The molecule has 4 N–H and O–H groups in total. The lowest BCUT2D eigenvalue weighted by atomic mass is 10.1. The molecule has 5 heteroatoms. The Labute approximate surface area is 120 Å². The molecule has 1 fully saturated rings. The topological polar surface area (TPSA) is 70.4 Å². The Hall–Kier alpha value is -1.59. The van der Waals surface area contributed by atoms with Crippen molar-refractivity contribution in [3.8, 4) is 0 Å². The van der Waals surface area contributed by atoms with Crippen LogP contribution >= 0.6 is 0 Å². The summed E-state index contributed by atoms with van der Waals surface area (Å²) < 4.78 is 0. The molecule has 1 heterocycles. The first-order valence-electron chi connectivity index (χ1n) is 7.16. The summed E-state index contributed by atoms with van der Waals surface area (Å²) in [4.78, 5) is 14.3. The minimum atomic E-state index is -0.138. The van der Waals surface area contributed by atoms with E-state index in [-0.39, 0.29) is 18.1 Å². The molecule has 5 nitrogen and oxygen atoms in total. The number of nitrogens with zero attached hydrogens (tertiary/aromatic N) is 1. The lowest BCUT2D eigenvalue weighted by Crippen LogP contribution is -2.44. The van der Waals surface area contributed by atoms with Gasteiger partial charge in [-0.25, -0.2) is 4.79 Å². The Morgan fingerprint density at radius 2 is 2.10 bits per heavy atom. The second kappa shape index (κ2) is 6.72. The standard InChI is InChI=1S/C15H24N4O/c1-11(16)12-4-3-5-14(10-12)18-15(20)17-13-6-8-19(2)9-7-13/h3-5,10-11,13H,6-9,16H2,1-2H3,(H2,17,18,20). The number of carbonyl (C=O) groups is 1. The number of likely N-dealkylation sites (tertiary alicyclic amines) is 1. The van der Waals surface area contributed by atoms with Gasteiger partial charge in [0.1, 0.15) is 0 Å². The van der Waals surface area contributed by atoms with Crippen LogP contribution in [0.1, 0.15) is 31.4 Å². The van der Waals surface area contributed by atoms with Gasteiger partial charge < -0.3 is 21.3 Å². The first kappa shape index (κ1) is 14.8. The Bertz CT molecular complexity index is 453. The molecule has 2 rings (SSSR count). The number of carbonyl (C=O) groups excluding carboxylic acids is 1. The Morgan fingerprint density at radius 3 is 2.75 bits per heavy atom. The van der Waals surface area contributed by atoms with Gasteiger partial charge in [0, 0.05) is 17.8 Å². The smallest absolute Gasteiger partial charge is 0.319 e. The zero-order valence-corrected chi connectivity index (χ0v) is 12.2. The van der Waals surface area contributed by atoms with Crippen molar-refractivity contribution in [2.45, 2.75) is 31.8 Å². The van der Waals surface area contributed by atoms with Gasteiger partial charge in [0.05, 0.1) is 0 Å². The van der Waals surface area contributed by atoms with Gasteiger partial charge in [0.25, 0.3) is 0 Å². The molecule has 0 radical (unpaired) electrons. The zero-order chi connectivity index (χ0) is 14.5. The van der Waals surface area contributed by atoms with Crippen LogP contribution in [0.5, 0.6) is 0 Å². The van der Waals surface area contributed by atoms with Gasteiger partial charge in [0.15, 0.2) is 0 Å². The molecule has 1 aromatic carbocycles.